The minimum absolute atomic E-state index is 0.0514. The third-order valence-corrected chi connectivity index (χ3v) is 2.95. The number of nitrogens with zero attached hydrogens (tertiary/aromatic N) is 1. The molecule has 0 atom stereocenters. The number of benzene rings is 1. The summed E-state index contributed by atoms with van der Waals surface area (Å²) in [6.07, 6.45) is 3.06. The number of ketones is 1. The van der Waals surface area contributed by atoms with Crippen LogP contribution in [0.25, 0.3) is 0 Å². The fourth-order valence-corrected chi connectivity index (χ4v) is 1.88. The highest BCUT2D eigenvalue weighted by molar-refractivity contribution is 9.10. The van der Waals surface area contributed by atoms with Gasteiger partial charge in [-0.2, -0.15) is 0 Å². The standard InChI is InChI=1S/C13H9BrFNO/c1-8-4-5-16-7-11(8)13(17)10-6-9(14)2-3-12(10)15/h2-7H,1H3. The van der Waals surface area contributed by atoms with Gasteiger partial charge in [0.25, 0.3) is 0 Å². The molecule has 2 nitrogen and oxygen atoms in total. The SMILES string of the molecule is Cc1ccncc1C(=O)c1cc(Br)ccc1F. The van der Waals surface area contributed by atoms with E-state index in [0.717, 1.165) is 5.56 Å². The van der Waals surface area contributed by atoms with Gasteiger partial charge in [-0.3, -0.25) is 9.78 Å². The summed E-state index contributed by atoms with van der Waals surface area (Å²) in [5, 5.41) is 0. The number of aryl methyl sites for hydroxylation is 1. The zero-order valence-corrected chi connectivity index (χ0v) is 10.7. The Morgan fingerprint density at radius 2 is 2.06 bits per heavy atom. The van der Waals surface area contributed by atoms with E-state index in [1.807, 2.05) is 0 Å². The molecule has 0 saturated heterocycles. The maximum absolute atomic E-state index is 13.6. The Morgan fingerprint density at radius 1 is 1.29 bits per heavy atom. The van der Waals surface area contributed by atoms with E-state index >= 15 is 0 Å². The number of hydrogen-bond donors (Lipinski definition) is 0. The Hall–Kier alpha value is -1.55. The fraction of sp³-hybridized carbons (Fsp3) is 0.0769. The molecule has 0 spiro atoms. The van der Waals surface area contributed by atoms with Crippen molar-refractivity contribution in [2.45, 2.75) is 6.92 Å². The number of pyridine rings is 1. The van der Waals surface area contributed by atoms with Crippen molar-refractivity contribution in [2.24, 2.45) is 0 Å². The van der Waals surface area contributed by atoms with Crippen molar-refractivity contribution in [1.82, 2.24) is 4.98 Å². The minimum Gasteiger partial charge on any atom is -0.288 e. The smallest absolute Gasteiger partial charge is 0.197 e. The predicted octanol–water partition coefficient (Wildman–Crippen LogP) is 3.52. The zero-order chi connectivity index (χ0) is 12.4. The van der Waals surface area contributed by atoms with Crippen molar-refractivity contribution in [3.8, 4) is 0 Å². The van der Waals surface area contributed by atoms with Gasteiger partial charge in [-0.15, -0.1) is 0 Å². The average molecular weight is 294 g/mol. The van der Waals surface area contributed by atoms with Crippen LogP contribution in [-0.4, -0.2) is 10.8 Å². The third-order valence-electron chi connectivity index (χ3n) is 2.46. The summed E-state index contributed by atoms with van der Waals surface area (Å²) in [4.78, 5) is 16.0. The van der Waals surface area contributed by atoms with Gasteiger partial charge in [0.1, 0.15) is 5.82 Å². The predicted molar refractivity (Wildman–Crippen MR) is 66.5 cm³/mol. The molecule has 4 heteroatoms. The van der Waals surface area contributed by atoms with E-state index in [9.17, 15) is 9.18 Å². The largest absolute Gasteiger partial charge is 0.288 e. The lowest BCUT2D eigenvalue weighted by atomic mass is 10.0. The molecule has 86 valence electrons. The summed E-state index contributed by atoms with van der Waals surface area (Å²) in [5.41, 5.74) is 1.25. The first kappa shape index (κ1) is 11.9. The highest BCUT2D eigenvalue weighted by atomic mass is 79.9. The molecule has 0 fully saturated rings. The van der Waals surface area contributed by atoms with Crippen LogP contribution in [0.5, 0.6) is 0 Å². The number of carbonyl (C=O) groups is 1. The number of carbonyl (C=O) groups excluding carboxylic acids is 1. The molecule has 2 aromatic rings. The molecular weight excluding hydrogens is 285 g/mol. The molecule has 17 heavy (non-hydrogen) atoms. The summed E-state index contributed by atoms with van der Waals surface area (Å²) in [6, 6.07) is 6.03. The second-order valence-electron chi connectivity index (χ2n) is 3.64. The van der Waals surface area contributed by atoms with Gasteiger partial charge in [0, 0.05) is 22.4 Å². The summed E-state index contributed by atoms with van der Waals surface area (Å²) < 4.78 is 14.2. The third kappa shape index (κ3) is 2.42. The minimum atomic E-state index is -0.526. The van der Waals surface area contributed by atoms with Gasteiger partial charge < -0.3 is 0 Å². The van der Waals surface area contributed by atoms with Gasteiger partial charge in [-0.25, -0.2) is 4.39 Å². The highest BCUT2D eigenvalue weighted by Gasteiger charge is 2.16. The maximum atomic E-state index is 13.6. The van der Waals surface area contributed by atoms with E-state index in [4.69, 9.17) is 0 Å². The lowest BCUT2D eigenvalue weighted by Gasteiger charge is -2.05. The Labute approximate surface area is 107 Å². The van der Waals surface area contributed by atoms with Gasteiger partial charge in [-0.1, -0.05) is 15.9 Å². The van der Waals surface area contributed by atoms with Crippen LogP contribution in [0.2, 0.25) is 0 Å². The number of aromatic nitrogens is 1. The van der Waals surface area contributed by atoms with Crippen LogP contribution in [0.4, 0.5) is 4.39 Å². The van der Waals surface area contributed by atoms with E-state index in [2.05, 4.69) is 20.9 Å². The Morgan fingerprint density at radius 3 is 2.76 bits per heavy atom. The summed E-state index contributed by atoms with van der Waals surface area (Å²) in [6.45, 7) is 1.80. The van der Waals surface area contributed by atoms with Crippen LogP contribution in [0.1, 0.15) is 21.5 Å². The normalized spacial score (nSPS) is 10.3. The number of hydrogen-bond acceptors (Lipinski definition) is 2. The molecule has 1 heterocycles. The number of rotatable bonds is 2. The van der Waals surface area contributed by atoms with Gasteiger partial charge in [0.15, 0.2) is 5.78 Å². The molecule has 2 rings (SSSR count). The maximum Gasteiger partial charge on any atom is 0.197 e. The quantitative estimate of drug-likeness (QED) is 0.793. The molecule has 0 aliphatic rings. The second kappa shape index (κ2) is 4.75. The van der Waals surface area contributed by atoms with Crippen LogP contribution in [0.15, 0.2) is 41.1 Å². The first-order chi connectivity index (χ1) is 8.09. The Kier molecular flexibility index (Phi) is 3.33. The van der Waals surface area contributed by atoms with Crippen LogP contribution in [-0.2, 0) is 0 Å². The molecule has 0 amide bonds. The van der Waals surface area contributed by atoms with Gasteiger partial charge in [-0.05, 0) is 36.8 Å². The lowest BCUT2D eigenvalue weighted by Crippen LogP contribution is -2.06. The molecule has 0 unspecified atom stereocenters. The molecule has 1 aromatic heterocycles. The van der Waals surface area contributed by atoms with E-state index < -0.39 is 5.82 Å². The average Bonchev–Trinajstić information content (AvgIpc) is 2.32. The molecule has 0 aliphatic carbocycles. The monoisotopic (exact) mass is 293 g/mol. The second-order valence-corrected chi connectivity index (χ2v) is 4.56. The van der Waals surface area contributed by atoms with Gasteiger partial charge in [0.05, 0.1) is 5.56 Å². The van der Waals surface area contributed by atoms with Crippen LogP contribution >= 0.6 is 15.9 Å². The highest BCUT2D eigenvalue weighted by Crippen LogP contribution is 2.19. The van der Waals surface area contributed by atoms with Crippen molar-refractivity contribution < 1.29 is 9.18 Å². The van der Waals surface area contributed by atoms with E-state index in [1.54, 1.807) is 25.3 Å². The molecule has 0 saturated carbocycles. The van der Waals surface area contributed by atoms with E-state index in [1.165, 1.54) is 18.3 Å². The molecule has 0 bridgehead atoms. The summed E-state index contributed by atoms with van der Waals surface area (Å²) in [7, 11) is 0. The van der Waals surface area contributed by atoms with Crippen molar-refractivity contribution >= 4 is 21.7 Å². The lowest BCUT2D eigenvalue weighted by molar-refractivity contribution is 0.103. The topological polar surface area (TPSA) is 30.0 Å². The zero-order valence-electron chi connectivity index (χ0n) is 9.08. The van der Waals surface area contributed by atoms with Crippen LogP contribution in [0, 0.1) is 12.7 Å². The molecule has 0 N–H and O–H groups in total. The summed E-state index contributed by atoms with van der Waals surface area (Å²) >= 11 is 3.22. The van der Waals surface area contributed by atoms with Crippen molar-refractivity contribution in [1.29, 1.82) is 0 Å². The van der Waals surface area contributed by atoms with Crippen molar-refractivity contribution in [3.05, 3.63) is 63.6 Å². The van der Waals surface area contributed by atoms with Gasteiger partial charge >= 0.3 is 0 Å². The molecule has 0 radical (unpaired) electrons. The van der Waals surface area contributed by atoms with E-state index in [0.29, 0.717) is 10.0 Å². The van der Waals surface area contributed by atoms with Crippen molar-refractivity contribution in [2.75, 3.05) is 0 Å². The first-order valence-electron chi connectivity index (χ1n) is 5.00. The molecule has 1 aromatic carbocycles. The molecular formula is C13H9BrFNO. The number of halogens is 2. The van der Waals surface area contributed by atoms with Gasteiger partial charge in [0.2, 0.25) is 0 Å². The van der Waals surface area contributed by atoms with E-state index in [-0.39, 0.29) is 11.3 Å². The first-order valence-corrected chi connectivity index (χ1v) is 5.79. The fourth-order valence-electron chi connectivity index (χ4n) is 1.52. The Bertz CT molecular complexity index is 583. The Balaban J connectivity index is 2.51. The summed E-state index contributed by atoms with van der Waals surface area (Å²) in [5.74, 6) is -0.879. The van der Waals surface area contributed by atoms with Crippen molar-refractivity contribution in [3.63, 3.8) is 0 Å². The van der Waals surface area contributed by atoms with Crippen LogP contribution < -0.4 is 0 Å². The van der Waals surface area contributed by atoms with Crippen LogP contribution in [0.3, 0.4) is 0 Å². The molecule has 0 aliphatic heterocycles.